The number of hydrogen-bond acceptors (Lipinski definition) is 4. The third kappa shape index (κ3) is 2.29. The molecule has 1 N–H and O–H groups in total. The van der Waals surface area contributed by atoms with Crippen LogP contribution in [0.15, 0.2) is 31.0 Å². The van der Waals surface area contributed by atoms with E-state index in [2.05, 4.69) is 26.9 Å². The summed E-state index contributed by atoms with van der Waals surface area (Å²) in [4.78, 5) is 17.9. The summed E-state index contributed by atoms with van der Waals surface area (Å²) in [5.41, 5.74) is 1.45. The second-order valence-corrected chi connectivity index (χ2v) is 4.52. The number of nitrogens with zero attached hydrogens (tertiary/aromatic N) is 4. The van der Waals surface area contributed by atoms with Crippen LogP contribution in [0.2, 0.25) is 0 Å². The van der Waals surface area contributed by atoms with Crippen LogP contribution in [-0.4, -0.2) is 33.6 Å². The Morgan fingerprint density at radius 3 is 2.89 bits per heavy atom. The van der Waals surface area contributed by atoms with Gasteiger partial charge in [-0.3, -0.25) is 4.79 Å². The van der Waals surface area contributed by atoms with Gasteiger partial charge < -0.3 is 10.2 Å². The zero-order valence-electron chi connectivity index (χ0n) is 10.5. The number of rotatable bonds is 3. The van der Waals surface area contributed by atoms with Crippen LogP contribution in [-0.2, 0) is 4.79 Å². The highest BCUT2D eigenvalue weighted by Gasteiger charge is 2.16. The molecule has 0 spiro atoms. The molecule has 1 fully saturated rings. The van der Waals surface area contributed by atoms with E-state index < -0.39 is 0 Å². The number of aromatic nitrogens is 3. The van der Waals surface area contributed by atoms with Crippen molar-refractivity contribution in [1.29, 1.82) is 0 Å². The molecule has 2 aromatic rings. The maximum absolute atomic E-state index is 11.2. The zero-order valence-corrected chi connectivity index (χ0v) is 10.5. The minimum atomic E-state index is -0.237. The third-order valence-corrected chi connectivity index (χ3v) is 3.16. The van der Waals surface area contributed by atoms with Gasteiger partial charge >= 0.3 is 0 Å². The molecule has 3 heterocycles. The molecule has 98 valence electrons. The minimum absolute atomic E-state index is 0.237. The van der Waals surface area contributed by atoms with E-state index in [4.69, 9.17) is 0 Å². The van der Waals surface area contributed by atoms with Crippen LogP contribution in [0.25, 0.3) is 5.65 Å². The first-order valence-electron chi connectivity index (χ1n) is 6.31. The van der Waals surface area contributed by atoms with Gasteiger partial charge in [0.2, 0.25) is 11.9 Å². The number of pyridine rings is 1. The predicted molar refractivity (Wildman–Crippen MR) is 73.3 cm³/mol. The van der Waals surface area contributed by atoms with E-state index >= 15 is 0 Å². The highest BCUT2D eigenvalue weighted by Crippen LogP contribution is 2.18. The molecular weight excluding hydrogens is 242 g/mol. The van der Waals surface area contributed by atoms with Crippen LogP contribution in [0, 0.1) is 0 Å². The summed E-state index contributed by atoms with van der Waals surface area (Å²) < 4.78 is 1.69. The number of hydrogen-bond donors (Lipinski definition) is 1. The van der Waals surface area contributed by atoms with Gasteiger partial charge in [-0.2, -0.15) is 4.98 Å². The smallest absolute Gasteiger partial charge is 0.247 e. The van der Waals surface area contributed by atoms with E-state index in [1.54, 1.807) is 16.8 Å². The molecule has 19 heavy (non-hydrogen) atoms. The number of carbonyl (C=O) groups excluding carboxylic acids is 1. The van der Waals surface area contributed by atoms with Crippen LogP contribution in [0.1, 0.15) is 12.8 Å². The maximum Gasteiger partial charge on any atom is 0.247 e. The van der Waals surface area contributed by atoms with Crippen LogP contribution in [0.3, 0.4) is 0 Å². The number of anilines is 2. The van der Waals surface area contributed by atoms with Gasteiger partial charge in [-0.05, 0) is 31.1 Å². The van der Waals surface area contributed by atoms with E-state index in [0.29, 0.717) is 5.69 Å². The highest BCUT2D eigenvalue weighted by atomic mass is 16.1. The molecule has 0 bridgehead atoms. The van der Waals surface area contributed by atoms with Crippen molar-refractivity contribution in [1.82, 2.24) is 14.6 Å². The van der Waals surface area contributed by atoms with Crippen LogP contribution in [0.4, 0.5) is 11.6 Å². The summed E-state index contributed by atoms with van der Waals surface area (Å²) >= 11 is 0. The van der Waals surface area contributed by atoms with Crippen molar-refractivity contribution in [3.05, 3.63) is 31.0 Å². The lowest BCUT2D eigenvalue weighted by Gasteiger charge is -2.10. The van der Waals surface area contributed by atoms with Crippen molar-refractivity contribution in [3.63, 3.8) is 0 Å². The molecule has 0 atom stereocenters. The van der Waals surface area contributed by atoms with Gasteiger partial charge in [0, 0.05) is 13.1 Å². The summed E-state index contributed by atoms with van der Waals surface area (Å²) in [7, 11) is 0. The lowest BCUT2D eigenvalue weighted by molar-refractivity contribution is -0.111. The maximum atomic E-state index is 11.2. The summed E-state index contributed by atoms with van der Waals surface area (Å²) in [6.45, 7) is 5.44. The zero-order chi connectivity index (χ0) is 13.2. The second-order valence-electron chi connectivity index (χ2n) is 4.52. The topological polar surface area (TPSA) is 62.5 Å². The summed E-state index contributed by atoms with van der Waals surface area (Å²) in [6, 6.07) is 3.64. The Bertz CT molecular complexity index is 627. The Kier molecular flexibility index (Phi) is 2.91. The Hall–Kier alpha value is -2.37. The molecule has 1 saturated heterocycles. The van der Waals surface area contributed by atoms with Crippen molar-refractivity contribution < 1.29 is 4.79 Å². The van der Waals surface area contributed by atoms with Crippen molar-refractivity contribution in [2.45, 2.75) is 12.8 Å². The van der Waals surface area contributed by atoms with E-state index in [9.17, 15) is 4.79 Å². The van der Waals surface area contributed by atoms with Gasteiger partial charge in [-0.25, -0.2) is 4.52 Å². The quantitative estimate of drug-likeness (QED) is 0.845. The molecule has 1 amide bonds. The average molecular weight is 257 g/mol. The molecule has 0 aliphatic carbocycles. The Morgan fingerprint density at radius 2 is 2.16 bits per heavy atom. The fourth-order valence-electron chi connectivity index (χ4n) is 2.19. The molecule has 2 aromatic heterocycles. The Labute approximate surface area is 110 Å². The van der Waals surface area contributed by atoms with Crippen molar-refractivity contribution in [2.75, 3.05) is 23.3 Å². The van der Waals surface area contributed by atoms with Gasteiger partial charge in [-0.15, -0.1) is 5.10 Å². The van der Waals surface area contributed by atoms with E-state index in [1.807, 2.05) is 6.07 Å². The number of nitrogens with one attached hydrogen (secondary N) is 1. The van der Waals surface area contributed by atoms with Crippen LogP contribution >= 0.6 is 0 Å². The number of carbonyl (C=O) groups is 1. The summed E-state index contributed by atoms with van der Waals surface area (Å²) in [5.74, 6) is 0.518. The Balaban J connectivity index is 1.90. The molecule has 6 nitrogen and oxygen atoms in total. The van der Waals surface area contributed by atoms with Crippen LogP contribution in [0.5, 0.6) is 0 Å². The van der Waals surface area contributed by atoms with Crippen molar-refractivity contribution in [2.24, 2.45) is 0 Å². The first-order valence-corrected chi connectivity index (χ1v) is 6.31. The van der Waals surface area contributed by atoms with Gasteiger partial charge in [-0.1, -0.05) is 6.58 Å². The molecule has 6 heteroatoms. The van der Waals surface area contributed by atoms with E-state index in [0.717, 1.165) is 24.7 Å². The standard InChI is InChI=1S/C13H15N5O/c1-2-12(19)14-10-5-6-11-15-13(16-18(11)9-10)17-7-3-4-8-17/h2,5-6,9H,1,3-4,7-8H2,(H,14,19). The van der Waals surface area contributed by atoms with Crippen molar-refractivity contribution in [3.8, 4) is 0 Å². The molecule has 0 aromatic carbocycles. The Morgan fingerprint density at radius 1 is 1.37 bits per heavy atom. The molecule has 0 saturated carbocycles. The normalized spacial score (nSPS) is 14.8. The molecule has 1 aliphatic rings. The van der Waals surface area contributed by atoms with Gasteiger partial charge in [0.25, 0.3) is 0 Å². The average Bonchev–Trinajstić information content (AvgIpc) is 3.06. The molecular formula is C13H15N5O. The van der Waals surface area contributed by atoms with E-state index in [1.165, 1.54) is 18.9 Å². The first-order chi connectivity index (χ1) is 9.26. The number of fused-ring (bicyclic) bond motifs is 1. The highest BCUT2D eigenvalue weighted by molar-refractivity contribution is 5.98. The SMILES string of the molecule is C=CC(=O)Nc1ccc2nc(N3CCCC3)nn2c1. The molecule has 1 aliphatic heterocycles. The minimum Gasteiger partial charge on any atom is -0.340 e. The summed E-state index contributed by atoms with van der Waals surface area (Å²) in [5, 5.41) is 7.15. The van der Waals surface area contributed by atoms with E-state index in [-0.39, 0.29) is 5.91 Å². The van der Waals surface area contributed by atoms with Crippen molar-refractivity contribution >= 4 is 23.2 Å². The molecule has 3 rings (SSSR count). The van der Waals surface area contributed by atoms with Gasteiger partial charge in [0.1, 0.15) is 0 Å². The lowest BCUT2D eigenvalue weighted by atomic mass is 10.4. The summed E-state index contributed by atoms with van der Waals surface area (Å²) in [6.07, 6.45) is 5.37. The molecule has 0 radical (unpaired) electrons. The van der Waals surface area contributed by atoms with Gasteiger partial charge in [0.15, 0.2) is 5.65 Å². The first kappa shape index (κ1) is 11.7. The largest absolute Gasteiger partial charge is 0.340 e. The lowest BCUT2D eigenvalue weighted by Crippen LogP contribution is -2.19. The molecule has 0 unspecified atom stereocenters. The predicted octanol–water partition coefficient (Wildman–Crippen LogP) is 1.45. The fraction of sp³-hybridized carbons (Fsp3) is 0.308. The third-order valence-electron chi connectivity index (χ3n) is 3.16. The van der Waals surface area contributed by atoms with Gasteiger partial charge in [0.05, 0.1) is 11.9 Å². The number of amides is 1. The second kappa shape index (κ2) is 4.72. The fourth-order valence-corrected chi connectivity index (χ4v) is 2.19. The van der Waals surface area contributed by atoms with Crippen LogP contribution < -0.4 is 10.2 Å². The monoisotopic (exact) mass is 257 g/mol.